The molecule has 2 N–H and O–H groups in total. The van der Waals surface area contributed by atoms with E-state index in [1.807, 2.05) is 7.05 Å². The molecule has 20 heavy (non-hydrogen) atoms. The lowest BCUT2D eigenvalue weighted by Gasteiger charge is -2.26. The lowest BCUT2D eigenvalue weighted by molar-refractivity contribution is 0.157. The maximum atomic E-state index is 5.16. The van der Waals surface area contributed by atoms with Crippen molar-refractivity contribution in [2.45, 2.75) is 40.0 Å². The number of aromatic nitrogens is 2. The van der Waals surface area contributed by atoms with Gasteiger partial charge in [0, 0.05) is 32.9 Å². The molecule has 0 spiro atoms. The largest absolute Gasteiger partial charge is 0.385 e. The summed E-state index contributed by atoms with van der Waals surface area (Å²) in [6.07, 6.45) is 2.61. The van der Waals surface area contributed by atoms with Gasteiger partial charge >= 0.3 is 0 Å². The van der Waals surface area contributed by atoms with Gasteiger partial charge in [-0.2, -0.15) is 0 Å². The Balaban J connectivity index is 2.82. The molecule has 1 rings (SSSR count). The molecule has 1 aromatic heterocycles. The lowest BCUT2D eigenvalue weighted by Crippen LogP contribution is -2.25. The minimum Gasteiger partial charge on any atom is -0.385 e. The molecule has 0 bridgehead atoms. The predicted octanol–water partition coefficient (Wildman–Crippen LogP) is 3.12. The summed E-state index contributed by atoms with van der Waals surface area (Å²) < 4.78 is 5.16. The number of nitrogens with zero attached hydrogens (tertiary/aromatic N) is 2. The summed E-state index contributed by atoms with van der Waals surface area (Å²) in [4.78, 5) is 8.69. The topological polar surface area (TPSA) is 59.1 Å². The third-order valence-corrected chi connectivity index (χ3v) is 3.42. The standard InChI is InChI=1S/C15H28N4O/c1-11(2)12-13(16-5)18-10-19-14(12)17-9-15(3,4)7-8-20-6/h10-11H,7-9H2,1-6H3,(H2,16,17,18,19). The third-order valence-electron chi connectivity index (χ3n) is 3.42. The first-order valence-electron chi connectivity index (χ1n) is 7.16. The van der Waals surface area contributed by atoms with E-state index in [9.17, 15) is 0 Å². The van der Waals surface area contributed by atoms with Crippen molar-refractivity contribution in [3.05, 3.63) is 11.9 Å². The maximum absolute atomic E-state index is 5.16. The smallest absolute Gasteiger partial charge is 0.135 e. The Morgan fingerprint density at radius 1 is 1.25 bits per heavy atom. The summed E-state index contributed by atoms with van der Waals surface area (Å²) in [5.74, 6) is 2.18. The van der Waals surface area contributed by atoms with Crippen LogP contribution in [0, 0.1) is 5.41 Å². The van der Waals surface area contributed by atoms with Crippen LogP contribution in [0.25, 0.3) is 0 Å². The van der Waals surface area contributed by atoms with Crippen molar-refractivity contribution < 1.29 is 4.74 Å². The van der Waals surface area contributed by atoms with E-state index in [0.717, 1.165) is 36.8 Å². The van der Waals surface area contributed by atoms with E-state index >= 15 is 0 Å². The van der Waals surface area contributed by atoms with Crippen LogP contribution in [0.1, 0.15) is 45.6 Å². The maximum Gasteiger partial charge on any atom is 0.135 e. The van der Waals surface area contributed by atoms with Crippen LogP contribution < -0.4 is 10.6 Å². The van der Waals surface area contributed by atoms with Gasteiger partial charge in [0.25, 0.3) is 0 Å². The number of methoxy groups -OCH3 is 1. The molecule has 0 saturated carbocycles. The summed E-state index contributed by atoms with van der Waals surface area (Å²) >= 11 is 0. The molecule has 114 valence electrons. The van der Waals surface area contributed by atoms with E-state index in [1.54, 1.807) is 13.4 Å². The van der Waals surface area contributed by atoms with Gasteiger partial charge < -0.3 is 15.4 Å². The van der Waals surface area contributed by atoms with Crippen molar-refractivity contribution in [1.29, 1.82) is 0 Å². The summed E-state index contributed by atoms with van der Waals surface area (Å²) in [7, 11) is 3.63. The number of rotatable bonds is 8. The van der Waals surface area contributed by atoms with E-state index < -0.39 is 0 Å². The van der Waals surface area contributed by atoms with Crippen molar-refractivity contribution in [3.63, 3.8) is 0 Å². The molecule has 0 aliphatic carbocycles. The average Bonchev–Trinajstić information content (AvgIpc) is 2.42. The van der Waals surface area contributed by atoms with Crippen molar-refractivity contribution in [3.8, 4) is 0 Å². The Morgan fingerprint density at radius 2 is 1.90 bits per heavy atom. The number of nitrogens with one attached hydrogen (secondary N) is 2. The van der Waals surface area contributed by atoms with E-state index in [4.69, 9.17) is 4.74 Å². The van der Waals surface area contributed by atoms with E-state index in [-0.39, 0.29) is 5.41 Å². The normalized spacial score (nSPS) is 11.8. The molecule has 0 unspecified atom stereocenters. The summed E-state index contributed by atoms with van der Waals surface area (Å²) in [5.41, 5.74) is 1.30. The molecule has 0 amide bonds. The summed E-state index contributed by atoms with van der Waals surface area (Å²) in [6.45, 7) is 10.4. The lowest BCUT2D eigenvalue weighted by atomic mass is 9.89. The zero-order chi connectivity index (χ0) is 15.2. The first-order valence-corrected chi connectivity index (χ1v) is 7.16. The Hall–Kier alpha value is -1.36. The van der Waals surface area contributed by atoms with E-state index in [1.165, 1.54) is 0 Å². The molecule has 1 aromatic rings. The molecule has 5 heteroatoms. The second-order valence-electron chi connectivity index (χ2n) is 6.15. The first kappa shape index (κ1) is 16.7. The van der Waals surface area contributed by atoms with Gasteiger partial charge in [-0.1, -0.05) is 27.7 Å². The van der Waals surface area contributed by atoms with Crippen molar-refractivity contribution in [2.75, 3.05) is 37.9 Å². The number of anilines is 2. The number of hydrogen-bond acceptors (Lipinski definition) is 5. The Kier molecular flexibility index (Phi) is 6.20. The van der Waals surface area contributed by atoms with Crippen molar-refractivity contribution >= 4 is 11.6 Å². The molecule has 1 heterocycles. The van der Waals surface area contributed by atoms with Gasteiger partial charge in [-0.15, -0.1) is 0 Å². The number of hydrogen-bond donors (Lipinski definition) is 2. The molecular formula is C15H28N4O. The molecule has 0 aliphatic rings. The highest BCUT2D eigenvalue weighted by molar-refractivity contribution is 5.58. The monoisotopic (exact) mass is 280 g/mol. The Bertz CT molecular complexity index is 418. The summed E-state index contributed by atoms with van der Waals surface area (Å²) in [6, 6.07) is 0. The SMILES string of the molecule is CNc1ncnc(NCC(C)(C)CCOC)c1C(C)C. The van der Waals surface area contributed by atoms with Crippen molar-refractivity contribution in [2.24, 2.45) is 5.41 Å². The van der Waals surface area contributed by atoms with Gasteiger partial charge in [0.15, 0.2) is 0 Å². The third kappa shape index (κ3) is 4.63. The summed E-state index contributed by atoms with van der Waals surface area (Å²) in [5, 5.41) is 6.61. The fraction of sp³-hybridized carbons (Fsp3) is 0.733. The van der Waals surface area contributed by atoms with E-state index in [2.05, 4.69) is 48.3 Å². The van der Waals surface area contributed by atoms with Crippen LogP contribution in [0.4, 0.5) is 11.6 Å². The minimum absolute atomic E-state index is 0.162. The predicted molar refractivity (Wildman–Crippen MR) is 84.4 cm³/mol. The average molecular weight is 280 g/mol. The van der Waals surface area contributed by atoms with Gasteiger partial charge in [0.05, 0.1) is 0 Å². The molecule has 0 aromatic carbocycles. The fourth-order valence-corrected chi connectivity index (χ4v) is 2.07. The molecule has 0 fully saturated rings. The van der Waals surface area contributed by atoms with Crippen molar-refractivity contribution in [1.82, 2.24) is 9.97 Å². The quantitative estimate of drug-likeness (QED) is 0.766. The van der Waals surface area contributed by atoms with Crippen LogP contribution in [0.5, 0.6) is 0 Å². The number of ether oxygens (including phenoxy) is 1. The highest BCUT2D eigenvalue weighted by Crippen LogP contribution is 2.29. The van der Waals surface area contributed by atoms with E-state index in [0.29, 0.717) is 5.92 Å². The highest BCUT2D eigenvalue weighted by atomic mass is 16.5. The second-order valence-corrected chi connectivity index (χ2v) is 6.15. The fourth-order valence-electron chi connectivity index (χ4n) is 2.07. The van der Waals surface area contributed by atoms with Crippen LogP contribution in [-0.2, 0) is 4.74 Å². The van der Waals surface area contributed by atoms with Gasteiger partial charge in [-0.05, 0) is 17.8 Å². The van der Waals surface area contributed by atoms with Crippen LogP contribution in [0.15, 0.2) is 6.33 Å². The molecule has 0 atom stereocenters. The van der Waals surface area contributed by atoms with Crippen LogP contribution in [-0.4, -0.2) is 37.3 Å². The van der Waals surface area contributed by atoms with Gasteiger partial charge in [0.2, 0.25) is 0 Å². The zero-order valence-corrected chi connectivity index (χ0v) is 13.6. The first-order chi connectivity index (χ1) is 9.41. The molecule has 5 nitrogen and oxygen atoms in total. The van der Waals surface area contributed by atoms with Gasteiger partial charge in [-0.3, -0.25) is 0 Å². The second kappa shape index (κ2) is 7.43. The van der Waals surface area contributed by atoms with Gasteiger partial charge in [0.1, 0.15) is 18.0 Å². The molecule has 0 aliphatic heterocycles. The highest BCUT2D eigenvalue weighted by Gasteiger charge is 2.20. The van der Waals surface area contributed by atoms with Crippen LogP contribution in [0.3, 0.4) is 0 Å². The van der Waals surface area contributed by atoms with Crippen LogP contribution in [0.2, 0.25) is 0 Å². The van der Waals surface area contributed by atoms with Crippen LogP contribution >= 0.6 is 0 Å². The molecule has 0 radical (unpaired) electrons. The molecular weight excluding hydrogens is 252 g/mol. The molecule has 0 saturated heterocycles. The van der Waals surface area contributed by atoms with Gasteiger partial charge in [-0.25, -0.2) is 9.97 Å². The minimum atomic E-state index is 0.162. The Labute approximate surface area is 122 Å². The Morgan fingerprint density at radius 3 is 2.45 bits per heavy atom. The zero-order valence-electron chi connectivity index (χ0n) is 13.6.